The van der Waals surface area contributed by atoms with Crippen molar-refractivity contribution < 1.29 is 9.47 Å². The van der Waals surface area contributed by atoms with Gasteiger partial charge in [-0.15, -0.1) is 0 Å². The van der Waals surface area contributed by atoms with E-state index in [0.29, 0.717) is 0 Å². The number of benzene rings is 2. The molecule has 4 nitrogen and oxygen atoms in total. The van der Waals surface area contributed by atoms with Gasteiger partial charge in [0.05, 0.1) is 19.3 Å². The highest BCUT2D eigenvalue weighted by Crippen LogP contribution is 2.20. The highest BCUT2D eigenvalue weighted by atomic mass is 16.5. The normalized spacial score (nSPS) is 14.7. The summed E-state index contributed by atoms with van der Waals surface area (Å²) in [5, 5.41) is 3.47. The molecule has 1 aliphatic rings. The first kappa shape index (κ1) is 16.7. The van der Waals surface area contributed by atoms with Crippen molar-refractivity contribution in [1.29, 1.82) is 0 Å². The zero-order valence-electron chi connectivity index (χ0n) is 14.5. The zero-order chi connectivity index (χ0) is 16.8. The van der Waals surface area contributed by atoms with E-state index in [0.717, 1.165) is 44.3 Å². The van der Waals surface area contributed by atoms with Gasteiger partial charge in [-0.05, 0) is 55.8 Å². The summed E-state index contributed by atoms with van der Waals surface area (Å²) < 4.78 is 11.1. The summed E-state index contributed by atoms with van der Waals surface area (Å²) in [5.41, 5.74) is 3.60. The Hall–Kier alpha value is -2.20. The van der Waals surface area contributed by atoms with Crippen LogP contribution in [0.1, 0.15) is 19.4 Å². The SMILES string of the molecule is CC(C)Oc1cccc(CNc2ccc(N3CCOCC3)cc2)c1. The van der Waals surface area contributed by atoms with Crippen LogP contribution >= 0.6 is 0 Å². The average Bonchev–Trinajstić information content (AvgIpc) is 2.61. The molecule has 4 heteroatoms. The van der Waals surface area contributed by atoms with Crippen molar-refractivity contribution in [3.63, 3.8) is 0 Å². The number of hydrogen-bond donors (Lipinski definition) is 1. The Morgan fingerprint density at radius 3 is 2.54 bits per heavy atom. The highest BCUT2D eigenvalue weighted by molar-refractivity contribution is 5.55. The first-order valence-electron chi connectivity index (χ1n) is 8.63. The van der Waals surface area contributed by atoms with Crippen LogP contribution in [-0.2, 0) is 11.3 Å². The van der Waals surface area contributed by atoms with Crippen LogP contribution in [0.4, 0.5) is 11.4 Å². The molecule has 0 unspecified atom stereocenters. The van der Waals surface area contributed by atoms with Crippen LogP contribution in [0.3, 0.4) is 0 Å². The van der Waals surface area contributed by atoms with E-state index >= 15 is 0 Å². The lowest BCUT2D eigenvalue weighted by molar-refractivity contribution is 0.122. The number of anilines is 2. The van der Waals surface area contributed by atoms with E-state index in [1.165, 1.54) is 11.3 Å². The van der Waals surface area contributed by atoms with Crippen molar-refractivity contribution in [3.8, 4) is 5.75 Å². The molecule has 1 fully saturated rings. The predicted octanol–water partition coefficient (Wildman–Crippen LogP) is 3.92. The molecule has 0 aliphatic carbocycles. The van der Waals surface area contributed by atoms with E-state index in [2.05, 4.69) is 46.6 Å². The maximum atomic E-state index is 5.75. The maximum Gasteiger partial charge on any atom is 0.120 e. The number of ether oxygens (including phenoxy) is 2. The number of rotatable bonds is 6. The number of hydrogen-bond acceptors (Lipinski definition) is 4. The molecule has 2 aromatic carbocycles. The van der Waals surface area contributed by atoms with Gasteiger partial charge in [-0.3, -0.25) is 0 Å². The standard InChI is InChI=1S/C20H26N2O2/c1-16(2)24-20-5-3-4-17(14-20)15-21-18-6-8-19(9-7-18)22-10-12-23-13-11-22/h3-9,14,16,21H,10-13,15H2,1-2H3. The second-order valence-corrected chi connectivity index (χ2v) is 6.31. The van der Waals surface area contributed by atoms with Gasteiger partial charge in [-0.2, -0.15) is 0 Å². The second kappa shape index (κ2) is 8.06. The molecule has 0 radical (unpaired) electrons. The van der Waals surface area contributed by atoms with Gasteiger partial charge < -0.3 is 19.7 Å². The van der Waals surface area contributed by atoms with Gasteiger partial charge >= 0.3 is 0 Å². The van der Waals surface area contributed by atoms with E-state index in [-0.39, 0.29) is 6.10 Å². The molecule has 1 heterocycles. The fourth-order valence-corrected chi connectivity index (χ4v) is 2.82. The molecule has 1 N–H and O–H groups in total. The van der Waals surface area contributed by atoms with Gasteiger partial charge in [-0.1, -0.05) is 12.1 Å². The largest absolute Gasteiger partial charge is 0.491 e. The van der Waals surface area contributed by atoms with Gasteiger partial charge in [-0.25, -0.2) is 0 Å². The summed E-state index contributed by atoms with van der Waals surface area (Å²) >= 11 is 0. The summed E-state index contributed by atoms with van der Waals surface area (Å²) in [7, 11) is 0. The van der Waals surface area contributed by atoms with Crippen LogP contribution in [0.25, 0.3) is 0 Å². The lowest BCUT2D eigenvalue weighted by Crippen LogP contribution is -2.36. The Bertz CT molecular complexity index is 634. The van der Waals surface area contributed by atoms with Crippen molar-refractivity contribution in [2.75, 3.05) is 36.5 Å². The van der Waals surface area contributed by atoms with Gasteiger partial charge in [0, 0.05) is 31.0 Å². The molecule has 0 atom stereocenters. The summed E-state index contributed by atoms with van der Waals surface area (Å²) in [5.74, 6) is 0.923. The Kier molecular flexibility index (Phi) is 5.59. The van der Waals surface area contributed by atoms with Crippen molar-refractivity contribution in [2.45, 2.75) is 26.5 Å². The molecule has 128 valence electrons. The molecular weight excluding hydrogens is 300 g/mol. The molecule has 0 saturated carbocycles. The third-order valence-corrected chi connectivity index (χ3v) is 4.01. The minimum absolute atomic E-state index is 0.195. The molecule has 1 saturated heterocycles. The first-order chi connectivity index (χ1) is 11.7. The Morgan fingerprint density at radius 2 is 1.83 bits per heavy atom. The quantitative estimate of drug-likeness (QED) is 0.872. The first-order valence-corrected chi connectivity index (χ1v) is 8.63. The molecule has 0 bridgehead atoms. The molecular formula is C20H26N2O2. The third kappa shape index (κ3) is 4.65. The van der Waals surface area contributed by atoms with Crippen LogP contribution in [0.2, 0.25) is 0 Å². The molecule has 24 heavy (non-hydrogen) atoms. The van der Waals surface area contributed by atoms with Gasteiger partial charge in [0.25, 0.3) is 0 Å². The second-order valence-electron chi connectivity index (χ2n) is 6.31. The highest BCUT2D eigenvalue weighted by Gasteiger charge is 2.10. The summed E-state index contributed by atoms with van der Waals surface area (Å²) in [4.78, 5) is 2.36. The number of nitrogens with zero attached hydrogens (tertiary/aromatic N) is 1. The van der Waals surface area contributed by atoms with Crippen molar-refractivity contribution >= 4 is 11.4 Å². The van der Waals surface area contributed by atoms with Crippen molar-refractivity contribution in [1.82, 2.24) is 0 Å². The molecule has 2 aromatic rings. The van der Waals surface area contributed by atoms with E-state index in [9.17, 15) is 0 Å². The Labute approximate surface area is 144 Å². The molecule has 0 amide bonds. The fraction of sp³-hybridized carbons (Fsp3) is 0.400. The Balaban J connectivity index is 1.56. The summed E-state index contributed by atoms with van der Waals surface area (Å²) in [6.07, 6.45) is 0.195. The average molecular weight is 326 g/mol. The monoisotopic (exact) mass is 326 g/mol. The minimum Gasteiger partial charge on any atom is -0.491 e. The van der Waals surface area contributed by atoms with Gasteiger partial charge in [0.2, 0.25) is 0 Å². The third-order valence-electron chi connectivity index (χ3n) is 4.01. The van der Waals surface area contributed by atoms with Crippen molar-refractivity contribution in [3.05, 3.63) is 54.1 Å². The lowest BCUT2D eigenvalue weighted by atomic mass is 10.2. The van der Waals surface area contributed by atoms with E-state index < -0.39 is 0 Å². The van der Waals surface area contributed by atoms with Crippen LogP contribution < -0.4 is 15.0 Å². The molecule has 1 aliphatic heterocycles. The van der Waals surface area contributed by atoms with Crippen LogP contribution in [0.5, 0.6) is 5.75 Å². The van der Waals surface area contributed by atoms with Crippen LogP contribution in [0.15, 0.2) is 48.5 Å². The lowest BCUT2D eigenvalue weighted by Gasteiger charge is -2.28. The van der Waals surface area contributed by atoms with Crippen LogP contribution in [-0.4, -0.2) is 32.4 Å². The van der Waals surface area contributed by atoms with Gasteiger partial charge in [0.15, 0.2) is 0 Å². The fourth-order valence-electron chi connectivity index (χ4n) is 2.82. The van der Waals surface area contributed by atoms with E-state index in [1.54, 1.807) is 0 Å². The van der Waals surface area contributed by atoms with E-state index in [4.69, 9.17) is 9.47 Å². The zero-order valence-corrected chi connectivity index (χ0v) is 14.5. The summed E-state index contributed by atoms with van der Waals surface area (Å²) in [6, 6.07) is 16.9. The van der Waals surface area contributed by atoms with Crippen LogP contribution in [0, 0.1) is 0 Å². The molecule has 0 spiro atoms. The molecule has 3 rings (SSSR count). The maximum absolute atomic E-state index is 5.75. The number of nitrogens with one attached hydrogen (secondary N) is 1. The van der Waals surface area contributed by atoms with E-state index in [1.807, 2.05) is 26.0 Å². The molecule has 0 aromatic heterocycles. The Morgan fingerprint density at radius 1 is 1.08 bits per heavy atom. The van der Waals surface area contributed by atoms with Crippen molar-refractivity contribution in [2.24, 2.45) is 0 Å². The topological polar surface area (TPSA) is 33.7 Å². The predicted molar refractivity (Wildman–Crippen MR) is 99.0 cm³/mol. The summed E-state index contributed by atoms with van der Waals surface area (Å²) in [6.45, 7) is 8.43. The smallest absolute Gasteiger partial charge is 0.120 e. The van der Waals surface area contributed by atoms with Gasteiger partial charge in [0.1, 0.15) is 5.75 Å². The number of morpholine rings is 1. The minimum atomic E-state index is 0.195.